The van der Waals surface area contributed by atoms with Gasteiger partial charge in [0.1, 0.15) is 11.8 Å². The Morgan fingerprint density at radius 3 is 1.84 bits per heavy atom. The van der Waals surface area contributed by atoms with Crippen LogP contribution >= 0.6 is 0 Å². The van der Waals surface area contributed by atoms with Gasteiger partial charge in [-0.3, -0.25) is 4.79 Å². The van der Waals surface area contributed by atoms with E-state index < -0.39 is 17.7 Å². The van der Waals surface area contributed by atoms with E-state index in [-0.39, 0.29) is 6.54 Å². The fourth-order valence-electron chi connectivity index (χ4n) is 3.13. The molecule has 0 aliphatic carbocycles. The molecule has 0 fully saturated rings. The predicted octanol–water partition coefficient (Wildman–Crippen LogP) is 3.97. The summed E-state index contributed by atoms with van der Waals surface area (Å²) in [6.45, 7) is 4.30. The third kappa shape index (κ3) is 13.2. The van der Waals surface area contributed by atoms with Crippen molar-refractivity contribution in [1.82, 2.24) is 0 Å². The van der Waals surface area contributed by atoms with Crippen molar-refractivity contribution in [2.75, 3.05) is 6.54 Å². The normalized spacial score (nSPS) is 13.0. The summed E-state index contributed by atoms with van der Waals surface area (Å²) >= 11 is 0. The molecule has 5 heteroatoms. The molecule has 25 heavy (non-hydrogen) atoms. The van der Waals surface area contributed by atoms with Crippen LogP contribution in [0.15, 0.2) is 0 Å². The Morgan fingerprint density at radius 1 is 0.840 bits per heavy atom. The number of carbonyl (C=O) groups is 1. The molecule has 0 aliphatic rings. The molecule has 0 aliphatic heterocycles. The van der Waals surface area contributed by atoms with Crippen molar-refractivity contribution in [2.24, 2.45) is 17.2 Å². The van der Waals surface area contributed by atoms with Gasteiger partial charge in [-0.1, -0.05) is 84.5 Å². The topological polar surface area (TPSA) is 104 Å². The first-order valence-electron chi connectivity index (χ1n) is 10.4. The van der Waals surface area contributed by atoms with Crippen molar-refractivity contribution in [3.8, 4) is 0 Å². The van der Waals surface area contributed by atoms with Crippen molar-refractivity contribution in [2.45, 2.75) is 116 Å². The Kier molecular flexibility index (Phi) is 15.2. The second kappa shape index (κ2) is 15.6. The third-order valence-electron chi connectivity index (χ3n) is 4.82. The number of hydrogen-bond donors (Lipinski definition) is 3. The Morgan fingerprint density at radius 2 is 1.32 bits per heavy atom. The van der Waals surface area contributed by atoms with Crippen LogP contribution in [-0.2, 0) is 9.53 Å². The summed E-state index contributed by atoms with van der Waals surface area (Å²) in [4.78, 5) is 11.6. The zero-order valence-corrected chi connectivity index (χ0v) is 16.7. The van der Waals surface area contributed by atoms with Gasteiger partial charge in [0.2, 0.25) is 0 Å². The quantitative estimate of drug-likeness (QED) is 0.207. The standard InChI is InChI=1S/C20H43N3O2/c1-3-5-7-9-11-13-15-18(25-19(24)17-21)20(22,23)16-14-12-10-8-6-4-2/h18H,3-17,21-23H2,1-2H3. The summed E-state index contributed by atoms with van der Waals surface area (Å²) in [6, 6.07) is 0. The van der Waals surface area contributed by atoms with Gasteiger partial charge in [0.15, 0.2) is 0 Å². The molecule has 0 amide bonds. The lowest BCUT2D eigenvalue weighted by atomic mass is 9.92. The Bertz CT molecular complexity index is 322. The van der Waals surface area contributed by atoms with Crippen molar-refractivity contribution >= 4 is 5.97 Å². The smallest absolute Gasteiger partial charge is 0.320 e. The Balaban J connectivity index is 4.27. The minimum atomic E-state index is -0.959. The highest BCUT2D eigenvalue weighted by Gasteiger charge is 2.33. The summed E-state index contributed by atoms with van der Waals surface area (Å²) in [5.41, 5.74) is 17.1. The number of rotatable bonds is 17. The molecule has 5 nitrogen and oxygen atoms in total. The van der Waals surface area contributed by atoms with Gasteiger partial charge in [-0.2, -0.15) is 0 Å². The first kappa shape index (κ1) is 24.4. The van der Waals surface area contributed by atoms with Gasteiger partial charge in [-0.15, -0.1) is 0 Å². The second-order valence-corrected chi connectivity index (χ2v) is 7.37. The van der Waals surface area contributed by atoms with Gasteiger partial charge >= 0.3 is 5.97 Å². The van der Waals surface area contributed by atoms with E-state index in [1.165, 1.54) is 51.4 Å². The minimum Gasteiger partial charge on any atom is -0.458 e. The second-order valence-electron chi connectivity index (χ2n) is 7.37. The zero-order valence-electron chi connectivity index (χ0n) is 16.7. The molecule has 0 saturated carbocycles. The molecule has 0 aromatic rings. The van der Waals surface area contributed by atoms with Crippen LogP contribution in [0.3, 0.4) is 0 Å². The van der Waals surface area contributed by atoms with Crippen LogP contribution < -0.4 is 17.2 Å². The monoisotopic (exact) mass is 357 g/mol. The van der Waals surface area contributed by atoms with Crippen LogP contribution in [0.25, 0.3) is 0 Å². The SMILES string of the molecule is CCCCCCCCC(OC(=O)CN)C(N)(N)CCCCCCCC. The van der Waals surface area contributed by atoms with Crippen molar-refractivity contribution in [3.05, 3.63) is 0 Å². The predicted molar refractivity (Wildman–Crippen MR) is 106 cm³/mol. The van der Waals surface area contributed by atoms with Gasteiger partial charge < -0.3 is 21.9 Å². The van der Waals surface area contributed by atoms with E-state index in [4.69, 9.17) is 21.9 Å². The fourth-order valence-corrected chi connectivity index (χ4v) is 3.13. The first-order chi connectivity index (χ1) is 12.0. The lowest BCUT2D eigenvalue weighted by molar-refractivity contribution is -0.151. The molecule has 1 atom stereocenters. The Hall–Kier alpha value is -0.650. The number of ether oxygens (including phenoxy) is 1. The van der Waals surface area contributed by atoms with E-state index in [0.717, 1.165) is 32.1 Å². The van der Waals surface area contributed by atoms with Gasteiger partial charge in [0.25, 0.3) is 0 Å². The van der Waals surface area contributed by atoms with E-state index in [1.807, 2.05) is 0 Å². The molecule has 0 heterocycles. The average molecular weight is 358 g/mol. The molecule has 1 unspecified atom stereocenters. The molecular weight excluding hydrogens is 314 g/mol. The van der Waals surface area contributed by atoms with Gasteiger partial charge in [-0.05, 0) is 19.3 Å². The molecule has 150 valence electrons. The van der Waals surface area contributed by atoms with E-state index in [2.05, 4.69) is 13.8 Å². The number of nitrogens with two attached hydrogens (primary N) is 3. The zero-order chi connectivity index (χ0) is 19.0. The molecular formula is C20H43N3O2. The minimum absolute atomic E-state index is 0.125. The number of esters is 1. The summed E-state index contributed by atoms with van der Waals surface area (Å²) < 4.78 is 5.47. The van der Waals surface area contributed by atoms with Crippen LogP contribution in [-0.4, -0.2) is 24.3 Å². The highest BCUT2D eigenvalue weighted by atomic mass is 16.5. The summed E-state index contributed by atoms with van der Waals surface area (Å²) in [6.07, 6.45) is 15.2. The molecule has 0 bridgehead atoms. The van der Waals surface area contributed by atoms with Crippen LogP contribution in [0, 0.1) is 0 Å². The Labute approximate surface area is 155 Å². The lowest BCUT2D eigenvalue weighted by Gasteiger charge is -2.33. The highest BCUT2D eigenvalue weighted by molar-refractivity contribution is 5.71. The average Bonchev–Trinajstić information content (AvgIpc) is 2.59. The first-order valence-corrected chi connectivity index (χ1v) is 10.4. The molecule has 0 rings (SSSR count). The van der Waals surface area contributed by atoms with E-state index in [1.54, 1.807) is 0 Å². The molecule has 6 N–H and O–H groups in total. The van der Waals surface area contributed by atoms with Crippen molar-refractivity contribution in [1.29, 1.82) is 0 Å². The highest BCUT2D eigenvalue weighted by Crippen LogP contribution is 2.21. The summed E-state index contributed by atoms with van der Waals surface area (Å²) in [7, 11) is 0. The molecule has 0 aromatic heterocycles. The summed E-state index contributed by atoms with van der Waals surface area (Å²) in [5.74, 6) is -0.417. The lowest BCUT2D eigenvalue weighted by Crippen LogP contribution is -2.60. The largest absolute Gasteiger partial charge is 0.458 e. The molecule has 0 radical (unpaired) electrons. The van der Waals surface area contributed by atoms with Crippen LogP contribution in [0.4, 0.5) is 0 Å². The number of unbranched alkanes of at least 4 members (excludes halogenated alkanes) is 10. The van der Waals surface area contributed by atoms with E-state index in [0.29, 0.717) is 6.42 Å². The maximum Gasteiger partial charge on any atom is 0.320 e. The van der Waals surface area contributed by atoms with Gasteiger partial charge in [0.05, 0.1) is 6.54 Å². The van der Waals surface area contributed by atoms with Crippen LogP contribution in [0.2, 0.25) is 0 Å². The molecule has 0 aromatic carbocycles. The van der Waals surface area contributed by atoms with Crippen molar-refractivity contribution < 1.29 is 9.53 Å². The maximum atomic E-state index is 11.6. The number of carbonyl (C=O) groups excluding carboxylic acids is 1. The van der Waals surface area contributed by atoms with Gasteiger partial charge in [-0.25, -0.2) is 0 Å². The summed E-state index contributed by atoms with van der Waals surface area (Å²) in [5, 5.41) is 0. The number of hydrogen-bond acceptors (Lipinski definition) is 5. The molecule has 0 spiro atoms. The van der Waals surface area contributed by atoms with E-state index in [9.17, 15) is 4.79 Å². The van der Waals surface area contributed by atoms with E-state index >= 15 is 0 Å². The molecule has 0 saturated heterocycles. The van der Waals surface area contributed by atoms with Crippen LogP contribution in [0.5, 0.6) is 0 Å². The third-order valence-corrected chi connectivity index (χ3v) is 4.82. The van der Waals surface area contributed by atoms with Crippen molar-refractivity contribution in [3.63, 3.8) is 0 Å². The van der Waals surface area contributed by atoms with Crippen LogP contribution in [0.1, 0.15) is 104 Å². The maximum absolute atomic E-state index is 11.6. The fraction of sp³-hybridized carbons (Fsp3) is 0.950. The van der Waals surface area contributed by atoms with Gasteiger partial charge in [0, 0.05) is 0 Å².